The van der Waals surface area contributed by atoms with Gasteiger partial charge in [-0.25, -0.2) is 4.79 Å². The van der Waals surface area contributed by atoms with Crippen LogP contribution in [0.5, 0.6) is 5.75 Å². The third-order valence-corrected chi connectivity index (χ3v) is 5.08. The van der Waals surface area contributed by atoms with Crippen LogP contribution in [0.2, 0.25) is 0 Å². The van der Waals surface area contributed by atoms with Crippen LogP contribution in [-0.2, 0) is 11.3 Å². The van der Waals surface area contributed by atoms with Gasteiger partial charge in [0.05, 0.1) is 5.92 Å². The number of phenols is 1. The number of piperazine rings is 1. The SMILES string of the molecule is NC(=O)N1CCCC(C(=O)N2CCN(Cc3cccc(O)c3)CC2)C1. The number of rotatable bonds is 3. The molecule has 0 aromatic heterocycles. The van der Waals surface area contributed by atoms with Crippen molar-refractivity contribution in [1.82, 2.24) is 14.7 Å². The Morgan fingerprint density at radius 2 is 1.88 bits per heavy atom. The summed E-state index contributed by atoms with van der Waals surface area (Å²) in [6, 6.07) is 6.85. The molecule has 2 aliphatic rings. The number of urea groups is 1. The zero-order chi connectivity index (χ0) is 17.8. The lowest BCUT2D eigenvalue weighted by Crippen LogP contribution is -2.53. The summed E-state index contributed by atoms with van der Waals surface area (Å²) < 4.78 is 0. The maximum absolute atomic E-state index is 12.7. The van der Waals surface area contributed by atoms with Gasteiger partial charge in [0, 0.05) is 45.8 Å². The number of hydrogen-bond acceptors (Lipinski definition) is 4. The number of carbonyl (C=O) groups excluding carboxylic acids is 2. The van der Waals surface area contributed by atoms with Crippen molar-refractivity contribution < 1.29 is 14.7 Å². The third kappa shape index (κ3) is 4.42. The fourth-order valence-electron chi connectivity index (χ4n) is 3.68. The highest BCUT2D eigenvalue weighted by molar-refractivity contribution is 5.80. The first-order valence-electron chi connectivity index (χ1n) is 8.86. The number of nitrogens with zero attached hydrogens (tertiary/aromatic N) is 3. The Kier molecular flexibility index (Phi) is 5.43. The molecule has 1 aromatic rings. The van der Waals surface area contributed by atoms with Gasteiger partial charge in [0.2, 0.25) is 5.91 Å². The molecule has 136 valence electrons. The number of piperidine rings is 1. The molecule has 3 amide bonds. The topological polar surface area (TPSA) is 90.1 Å². The number of aromatic hydroxyl groups is 1. The zero-order valence-electron chi connectivity index (χ0n) is 14.4. The smallest absolute Gasteiger partial charge is 0.314 e. The van der Waals surface area contributed by atoms with E-state index in [0.29, 0.717) is 26.2 Å². The van der Waals surface area contributed by atoms with Crippen molar-refractivity contribution in [3.63, 3.8) is 0 Å². The van der Waals surface area contributed by atoms with Gasteiger partial charge in [-0.05, 0) is 30.5 Å². The number of carbonyl (C=O) groups is 2. The highest BCUT2D eigenvalue weighted by Crippen LogP contribution is 2.20. The van der Waals surface area contributed by atoms with Gasteiger partial charge in [-0.3, -0.25) is 9.69 Å². The summed E-state index contributed by atoms with van der Waals surface area (Å²) in [6.45, 7) is 4.89. The predicted octanol–water partition coefficient (Wildman–Crippen LogP) is 0.827. The first kappa shape index (κ1) is 17.5. The highest BCUT2D eigenvalue weighted by atomic mass is 16.3. The number of nitrogens with two attached hydrogens (primary N) is 1. The highest BCUT2D eigenvalue weighted by Gasteiger charge is 2.31. The lowest BCUT2D eigenvalue weighted by atomic mass is 9.96. The largest absolute Gasteiger partial charge is 0.508 e. The van der Waals surface area contributed by atoms with Crippen LogP contribution in [-0.4, -0.2) is 71.0 Å². The van der Waals surface area contributed by atoms with Crippen molar-refractivity contribution in [2.24, 2.45) is 11.7 Å². The molecule has 7 heteroatoms. The van der Waals surface area contributed by atoms with Crippen molar-refractivity contribution >= 4 is 11.9 Å². The van der Waals surface area contributed by atoms with Crippen molar-refractivity contribution in [3.8, 4) is 5.75 Å². The summed E-state index contributed by atoms with van der Waals surface area (Å²) >= 11 is 0. The lowest BCUT2D eigenvalue weighted by Gasteiger charge is -2.38. The summed E-state index contributed by atoms with van der Waals surface area (Å²) in [7, 11) is 0. The van der Waals surface area contributed by atoms with E-state index >= 15 is 0 Å². The normalized spacial score (nSPS) is 22.0. The summed E-state index contributed by atoms with van der Waals surface area (Å²) in [5.41, 5.74) is 6.42. The quantitative estimate of drug-likeness (QED) is 0.848. The van der Waals surface area contributed by atoms with Crippen LogP contribution in [0.4, 0.5) is 4.79 Å². The van der Waals surface area contributed by atoms with Crippen molar-refractivity contribution in [2.45, 2.75) is 19.4 Å². The third-order valence-electron chi connectivity index (χ3n) is 5.08. The van der Waals surface area contributed by atoms with E-state index in [-0.39, 0.29) is 17.6 Å². The second kappa shape index (κ2) is 7.74. The van der Waals surface area contributed by atoms with Crippen LogP contribution in [0.3, 0.4) is 0 Å². The van der Waals surface area contributed by atoms with Crippen LogP contribution in [0, 0.1) is 5.92 Å². The Hall–Kier alpha value is -2.28. The van der Waals surface area contributed by atoms with Crippen LogP contribution in [0.25, 0.3) is 0 Å². The molecule has 0 aliphatic carbocycles. The summed E-state index contributed by atoms with van der Waals surface area (Å²) in [5, 5.41) is 9.55. The molecule has 1 aromatic carbocycles. The molecule has 3 rings (SSSR count). The van der Waals surface area contributed by atoms with E-state index < -0.39 is 6.03 Å². The van der Waals surface area contributed by atoms with Gasteiger partial charge in [-0.15, -0.1) is 0 Å². The molecule has 0 spiro atoms. The standard InChI is InChI=1S/C18H26N4O3/c19-18(25)22-6-2-4-15(13-22)17(24)21-9-7-20(8-10-21)12-14-3-1-5-16(23)11-14/h1,3,5,11,15,23H,2,4,6-10,12-13H2,(H2,19,25). The zero-order valence-corrected chi connectivity index (χ0v) is 14.4. The van der Waals surface area contributed by atoms with Gasteiger partial charge in [0.15, 0.2) is 0 Å². The van der Waals surface area contributed by atoms with E-state index in [1.54, 1.807) is 17.0 Å². The lowest BCUT2D eigenvalue weighted by molar-refractivity contribution is -0.138. The van der Waals surface area contributed by atoms with Crippen LogP contribution < -0.4 is 5.73 Å². The van der Waals surface area contributed by atoms with Crippen molar-refractivity contribution in [3.05, 3.63) is 29.8 Å². The van der Waals surface area contributed by atoms with E-state index in [0.717, 1.165) is 38.0 Å². The molecule has 0 radical (unpaired) electrons. The average Bonchev–Trinajstić information content (AvgIpc) is 2.62. The fraction of sp³-hybridized carbons (Fsp3) is 0.556. The molecule has 1 unspecified atom stereocenters. The fourth-order valence-corrected chi connectivity index (χ4v) is 3.68. The number of hydrogen-bond donors (Lipinski definition) is 2. The Morgan fingerprint density at radius 1 is 1.12 bits per heavy atom. The monoisotopic (exact) mass is 346 g/mol. The first-order valence-corrected chi connectivity index (χ1v) is 8.86. The summed E-state index contributed by atoms with van der Waals surface area (Å²) in [4.78, 5) is 29.8. The number of amides is 3. The van der Waals surface area contributed by atoms with E-state index in [1.807, 2.05) is 17.0 Å². The molecular formula is C18H26N4O3. The number of likely N-dealkylation sites (tertiary alicyclic amines) is 1. The molecule has 2 heterocycles. The van der Waals surface area contributed by atoms with Gasteiger partial charge >= 0.3 is 6.03 Å². The maximum atomic E-state index is 12.7. The minimum atomic E-state index is -0.437. The minimum absolute atomic E-state index is 0.126. The van der Waals surface area contributed by atoms with E-state index in [9.17, 15) is 14.7 Å². The van der Waals surface area contributed by atoms with E-state index in [4.69, 9.17) is 5.73 Å². The average molecular weight is 346 g/mol. The molecule has 2 fully saturated rings. The van der Waals surface area contributed by atoms with Crippen molar-refractivity contribution in [2.75, 3.05) is 39.3 Å². The molecule has 7 nitrogen and oxygen atoms in total. The maximum Gasteiger partial charge on any atom is 0.314 e. The molecular weight excluding hydrogens is 320 g/mol. The van der Waals surface area contributed by atoms with Gasteiger partial charge in [-0.1, -0.05) is 12.1 Å². The van der Waals surface area contributed by atoms with Gasteiger partial charge in [0.1, 0.15) is 5.75 Å². The van der Waals surface area contributed by atoms with Gasteiger partial charge in [-0.2, -0.15) is 0 Å². The molecule has 3 N–H and O–H groups in total. The summed E-state index contributed by atoms with van der Waals surface area (Å²) in [5.74, 6) is 0.296. The first-order chi connectivity index (χ1) is 12.0. The summed E-state index contributed by atoms with van der Waals surface area (Å²) in [6.07, 6.45) is 1.66. The minimum Gasteiger partial charge on any atom is -0.508 e. The van der Waals surface area contributed by atoms with Gasteiger partial charge in [0.25, 0.3) is 0 Å². The molecule has 2 aliphatic heterocycles. The van der Waals surface area contributed by atoms with Crippen molar-refractivity contribution in [1.29, 1.82) is 0 Å². The molecule has 2 saturated heterocycles. The number of phenolic OH excluding ortho intramolecular Hbond substituents is 1. The Morgan fingerprint density at radius 3 is 2.56 bits per heavy atom. The Labute approximate surface area is 148 Å². The number of primary amides is 1. The van der Waals surface area contributed by atoms with Crippen LogP contribution in [0.1, 0.15) is 18.4 Å². The Bertz CT molecular complexity index is 629. The van der Waals surface area contributed by atoms with E-state index in [2.05, 4.69) is 4.90 Å². The second-order valence-corrected chi connectivity index (χ2v) is 6.89. The van der Waals surface area contributed by atoms with E-state index in [1.165, 1.54) is 0 Å². The second-order valence-electron chi connectivity index (χ2n) is 6.89. The molecule has 0 bridgehead atoms. The predicted molar refractivity (Wildman–Crippen MR) is 93.8 cm³/mol. The molecule has 1 atom stereocenters. The number of benzene rings is 1. The Balaban J connectivity index is 1.50. The molecule has 0 saturated carbocycles. The molecule has 25 heavy (non-hydrogen) atoms. The van der Waals surface area contributed by atoms with Gasteiger partial charge < -0.3 is 20.6 Å². The van der Waals surface area contributed by atoms with Crippen LogP contribution >= 0.6 is 0 Å². The van der Waals surface area contributed by atoms with Crippen LogP contribution in [0.15, 0.2) is 24.3 Å².